The molecule has 0 atom stereocenters. The number of benzene rings is 1. The molecule has 0 amide bonds. The predicted molar refractivity (Wildman–Crippen MR) is 108 cm³/mol. The molecule has 0 radical (unpaired) electrons. The Balaban J connectivity index is 0.000000710. The van der Waals surface area contributed by atoms with E-state index in [2.05, 4.69) is 19.2 Å². The Hall–Kier alpha value is -3.24. The summed E-state index contributed by atoms with van der Waals surface area (Å²) in [7, 11) is 6.78. The van der Waals surface area contributed by atoms with Gasteiger partial charge in [-0.15, -0.1) is 0 Å². The van der Waals surface area contributed by atoms with E-state index >= 15 is 0 Å². The number of rotatable bonds is 10. The van der Waals surface area contributed by atoms with E-state index in [0.29, 0.717) is 11.4 Å². The SMILES string of the molecule is COCC(=O)CC(=O)OC.COCC(O)=C(C=Nc1ccccc1OC)C(=O)OC. The molecule has 10 nitrogen and oxygen atoms in total. The van der Waals surface area contributed by atoms with Gasteiger partial charge in [0.1, 0.15) is 42.4 Å². The van der Waals surface area contributed by atoms with Crippen molar-refractivity contribution in [2.24, 2.45) is 4.99 Å². The van der Waals surface area contributed by atoms with Crippen molar-refractivity contribution in [3.63, 3.8) is 0 Å². The summed E-state index contributed by atoms with van der Waals surface area (Å²) in [5.74, 6) is -1.19. The average Bonchev–Trinajstić information content (AvgIpc) is 2.74. The van der Waals surface area contributed by atoms with Gasteiger partial charge in [0.2, 0.25) is 0 Å². The van der Waals surface area contributed by atoms with Crippen molar-refractivity contribution in [1.29, 1.82) is 0 Å². The van der Waals surface area contributed by atoms with Gasteiger partial charge in [0.25, 0.3) is 0 Å². The van der Waals surface area contributed by atoms with E-state index < -0.39 is 11.9 Å². The maximum atomic E-state index is 11.6. The molecule has 166 valence electrons. The molecule has 1 aromatic rings. The van der Waals surface area contributed by atoms with E-state index in [1.807, 2.05) is 0 Å². The maximum Gasteiger partial charge on any atom is 0.342 e. The summed E-state index contributed by atoms with van der Waals surface area (Å²) in [6.07, 6.45) is 1.02. The Labute approximate surface area is 175 Å². The van der Waals surface area contributed by atoms with E-state index in [4.69, 9.17) is 9.47 Å². The van der Waals surface area contributed by atoms with Crippen molar-refractivity contribution < 1.29 is 43.2 Å². The van der Waals surface area contributed by atoms with E-state index in [1.165, 1.54) is 41.8 Å². The fourth-order valence-electron chi connectivity index (χ4n) is 1.89. The number of hydrogen-bond acceptors (Lipinski definition) is 10. The van der Waals surface area contributed by atoms with Crippen LogP contribution in [0.3, 0.4) is 0 Å². The number of esters is 2. The molecular formula is C20H27NO9. The molecule has 0 fully saturated rings. The van der Waals surface area contributed by atoms with E-state index in [1.54, 1.807) is 24.3 Å². The first-order valence-electron chi connectivity index (χ1n) is 8.58. The van der Waals surface area contributed by atoms with Crippen LogP contribution in [-0.4, -0.2) is 77.8 Å². The van der Waals surface area contributed by atoms with Gasteiger partial charge >= 0.3 is 11.9 Å². The molecular weight excluding hydrogens is 398 g/mol. The second kappa shape index (κ2) is 15.7. The molecule has 1 aromatic carbocycles. The maximum absolute atomic E-state index is 11.6. The molecule has 0 aliphatic rings. The number of aliphatic hydroxyl groups is 1. The Morgan fingerprint density at radius 2 is 1.60 bits per heavy atom. The quantitative estimate of drug-likeness (QED) is 0.196. The third-order valence-corrected chi connectivity index (χ3v) is 3.29. The Morgan fingerprint density at radius 3 is 2.13 bits per heavy atom. The van der Waals surface area contributed by atoms with Gasteiger partial charge in [0.15, 0.2) is 5.78 Å². The topological polar surface area (TPSA) is 130 Å². The molecule has 1 rings (SSSR count). The summed E-state index contributed by atoms with van der Waals surface area (Å²) in [5.41, 5.74) is 0.460. The van der Waals surface area contributed by atoms with Crippen LogP contribution < -0.4 is 4.74 Å². The first-order chi connectivity index (χ1) is 14.3. The van der Waals surface area contributed by atoms with E-state index in [9.17, 15) is 19.5 Å². The number of ketones is 1. The summed E-state index contributed by atoms with van der Waals surface area (Å²) >= 11 is 0. The van der Waals surface area contributed by atoms with Crippen molar-refractivity contribution in [3.05, 3.63) is 35.6 Å². The smallest absolute Gasteiger partial charge is 0.342 e. The lowest BCUT2D eigenvalue weighted by Crippen LogP contribution is -2.13. The summed E-state index contributed by atoms with van der Waals surface area (Å²) < 4.78 is 23.2. The molecule has 10 heteroatoms. The first kappa shape index (κ1) is 26.8. The van der Waals surface area contributed by atoms with Crippen molar-refractivity contribution >= 4 is 29.6 Å². The molecule has 0 unspecified atom stereocenters. The number of hydrogen-bond donors (Lipinski definition) is 1. The van der Waals surface area contributed by atoms with Crippen molar-refractivity contribution in [1.82, 2.24) is 0 Å². The highest BCUT2D eigenvalue weighted by Gasteiger charge is 2.14. The number of carbonyl (C=O) groups is 3. The van der Waals surface area contributed by atoms with Crippen LogP contribution in [0.4, 0.5) is 5.69 Å². The monoisotopic (exact) mass is 425 g/mol. The number of methoxy groups -OCH3 is 5. The third-order valence-electron chi connectivity index (χ3n) is 3.29. The minimum atomic E-state index is -0.696. The zero-order valence-electron chi connectivity index (χ0n) is 17.7. The zero-order chi connectivity index (χ0) is 22.9. The van der Waals surface area contributed by atoms with Gasteiger partial charge in [-0.2, -0.15) is 0 Å². The van der Waals surface area contributed by atoms with Crippen molar-refractivity contribution in [3.8, 4) is 5.75 Å². The van der Waals surface area contributed by atoms with Gasteiger partial charge in [-0.3, -0.25) is 14.6 Å². The first-order valence-corrected chi connectivity index (χ1v) is 8.58. The highest BCUT2D eigenvalue weighted by Crippen LogP contribution is 2.26. The molecule has 0 heterocycles. The summed E-state index contributed by atoms with van der Waals surface area (Å²) in [6, 6.07) is 7.05. The molecule has 0 aliphatic heterocycles. The number of aliphatic hydroxyl groups excluding tert-OH is 1. The van der Waals surface area contributed by atoms with E-state index in [0.717, 1.165) is 0 Å². The molecule has 0 bridgehead atoms. The van der Waals surface area contributed by atoms with Gasteiger partial charge in [-0.25, -0.2) is 4.79 Å². The van der Waals surface area contributed by atoms with Crippen molar-refractivity contribution in [2.75, 3.05) is 48.8 Å². The number of carbonyl (C=O) groups excluding carboxylic acids is 3. The third kappa shape index (κ3) is 10.3. The lowest BCUT2D eigenvalue weighted by molar-refractivity contribution is -0.144. The summed E-state index contributed by atoms with van der Waals surface area (Å²) in [5, 5.41) is 9.75. The number of ether oxygens (including phenoxy) is 5. The lowest BCUT2D eigenvalue weighted by atomic mass is 10.2. The number of aliphatic imine (C=N–C) groups is 1. The van der Waals surface area contributed by atoms with Crippen LogP contribution in [0.25, 0.3) is 0 Å². The summed E-state index contributed by atoms with van der Waals surface area (Å²) in [4.78, 5) is 36.7. The number of nitrogens with zero attached hydrogens (tertiary/aromatic N) is 1. The average molecular weight is 425 g/mol. The molecule has 0 spiro atoms. The van der Waals surface area contributed by atoms with Crippen LogP contribution in [-0.2, 0) is 33.3 Å². The normalized spacial score (nSPS) is 11.1. The van der Waals surface area contributed by atoms with Crippen LogP contribution in [0, 0.1) is 0 Å². The van der Waals surface area contributed by atoms with Gasteiger partial charge in [0.05, 0.1) is 21.3 Å². The highest BCUT2D eigenvalue weighted by atomic mass is 16.5. The number of para-hydroxylation sites is 2. The fourth-order valence-corrected chi connectivity index (χ4v) is 1.89. The molecule has 0 saturated carbocycles. The van der Waals surface area contributed by atoms with Crippen LogP contribution >= 0.6 is 0 Å². The molecule has 0 aliphatic carbocycles. The van der Waals surface area contributed by atoms with Gasteiger partial charge in [-0.05, 0) is 12.1 Å². The largest absolute Gasteiger partial charge is 0.509 e. The minimum Gasteiger partial charge on any atom is -0.509 e. The predicted octanol–water partition coefficient (Wildman–Crippen LogP) is 1.79. The Morgan fingerprint density at radius 1 is 0.967 bits per heavy atom. The molecule has 0 saturated heterocycles. The minimum absolute atomic E-state index is 0.0326. The molecule has 1 N–H and O–H groups in total. The van der Waals surface area contributed by atoms with Gasteiger partial charge in [-0.1, -0.05) is 12.1 Å². The zero-order valence-corrected chi connectivity index (χ0v) is 17.7. The summed E-state index contributed by atoms with van der Waals surface area (Å²) in [6.45, 7) is -0.141. The Bertz CT molecular complexity index is 756. The van der Waals surface area contributed by atoms with Crippen LogP contribution in [0.2, 0.25) is 0 Å². The van der Waals surface area contributed by atoms with Crippen LogP contribution in [0.15, 0.2) is 40.6 Å². The van der Waals surface area contributed by atoms with Gasteiger partial charge in [0, 0.05) is 20.4 Å². The lowest BCUT2D eigenvalue weighted by Gasteiger charge is -2.05. The van der Waals surface area contributed by atoms with E-state index in [-0.39, 0.29) is 36.8 Å². The molecule has 30 heavy (non-hydrogen) atoms. The second-order valence-corrected chi connectivity index (χ2v) is 5.44. The van der Waals surface area contributed by atoms with Crippen LogP contribution in [0.5, 0.6) is 5.75 Å². The Kier molecular flexibility index (Phi) is 14.0. The standard InChI is InChI=1S/C14H17NO5.C6H10O4/c1-18-9-12(16)10(14(17)20-3)8-15-11-6-4-5-7-13(11)19-2;1-9-4-5(7)3-6(8)10-2/h4-8,16H,9H2,1-3H3;3-4H2,1-2H3. The van der Waals surface area contributed by atoms with Gasteiger partial charge < -0.3 is 28.8 Å². The molecule has 0 aromatic heterocycles. The van der Waals surface area contributed by atoms with Crippen molar-refractivity contribution in [2.45, 2.75) is 6.42 Å². The fraction of sp³-hybridized carbons (Fsp3) is 0.400. The second-order valence-electron chi connectivity index (χ2n) is 5.44. The van der Waals surface area contributed by atoms with Crippen LogP contribution in [0.1, 0.15) is 6.42 Å². The number of Topliss-reactive ketones (excluding diaryl/α,β-unsaturated/α-hetero) is 1. The highest BCUT2D eigenvalue weighted by molar-refractivity contribution is 6.10.